The summed E-state index contributed by atoms with van der Waals surface area (Å²) in [5, 5.41) is 7.57. The molecular formula is C2H14N2O4S2. The first-order valence-corrected chi connectivity index (χ1v) is 4.12. The van der Waals surface area contributed by atoms with E-state index in [-0.39, 0.29) is 18.9 Å². The number of rotatable bonds is 0. The SMILES string of the molecule is CCO.N.N.O=S(O)(O)=S. The second kappa shape index (κ2) is 11.9. The average Bonchev–Trinajstić information content (AvgIpc) is 1.27. The van der Waals surface area contributed by atoms with E-state index in [0.717, 1.165) is 0 Å². The highest BCUT2D eigenvalue weighted by atomic mass is 32.9. The van der Waals surface area contributed by atoms with Gasteiger partial charge < -0.3 is 17.4 Å². The van der Waals surface area contributed by atoms with E-state index in [9.17, 15) is 0 Å². The molecule has 0 amide bonds. The van der Waals surface area contributed by atoms with Gasteiger partial charge in [-0.2, -0.15) is 4.21 Å². The van der Waals surface area contributed by atoms with E-state index < -0.39 is 9.05 Å². The van der Waals surface area contributed by atoms with Gasteiger partial charge in [0.1, 0.15) is 0 Å². The Labute approximate surface area is 65.1 Å². The Hall–Kier alpha value is 0.170. The lowest BCUT2D eigenvalue weighted by Gasteiger charge is -1.73. The van der Waals surface area contributed by atoms with Crippen LogP contribution in [0.1, 0.15) is 6.92 Å². The first-order chi connectivity index (χ1) is 3.41. The van der Waals surface area contributed by atoms with Gasteiger partial charge in [0.2, 0.25) is 0 Å². The molecule has 0 saturated carbocycles. The summed E-state index contributed by atoms with van der Waals surface area (Å²) in [5.74, 6) is 0. The summed E-state index contributed by atoms with van der Waals surface area (Å²) < 4.78 is 24.0. The molecule has 8 heteroatoms. The zero-order chi connectivity index (χ0) is 7.21. The van der Waals surface area contributed by atoms with Gasteiger partial charge in [-0.25, -0.2) is 0 Å². The largest absolute Gasteiger partial charge is 0.397 e. The maximum Gasteiger partial charge on any atom is 0.263 e. The molecule has 0 aliphatic rings. The molecule has 0 bridgehead atoms. The van der Waals surface area contributed by atoms with Crippen molar-refractivity contribution < 1.29 is 18.4 Å². The van der Waals surface area contributed by atoms with Crippen LogP contribution < -0.4 is 12.3 Å². The molecule has 68 valence electrons. The predicted molar refractivity (Wildman–Crippen MR) is 43.6 cm³/mol. The average molecular weight is 194 g/mol. The maximum atomic E-state index is 9.11. The Balaban J connectivity index is -0.0000000326. The van der Waals surface area contributed by atoms with Crippen LogP contribution in [-0.2, 0) is 20.2 Å². The van der Waals surface area contributed by atoms with Crippen molar-refractivity contribution in [3.8, 4) is 0 Å². The minimum atomic E-state index is -3.83. The van der Waals surface area contributed by atoms with Crippen LogP contribution in [0.5, 0.6) is 0 Å². The highest BCUT2D eigenvalue weighted by Gasteiger charge is 1.78. The van der Waals surface area contributed by atoms with E-state index in [0.29, 0.717) is 0 Å². The van der Waals surface area contributed by atoms with Crippen molar-refractivity contribution in [2.24, 2.45) is 0 Å². The molecule has 0 fully saturated rings. The van der Waals surface area contributed by atoms with Crippen LogP contribution in [0.3, 0.4) is 0 Å². The molecule has 9 N–H and O–H groups in total. The zero-order valence-electron chi connectivity index (χ0n) is 5.69. The molecular weight excluding hydrogens is 180 g/mol. The van der Waals surface area contributed by atoms with Crippen molar-refractivity contribution in [3.63, 3.8) is 0 Å². The van der Waals surface area contributed by atoms with E-state index in [1.54, 1.807) is 6.92 Å². The van der Waals surface area contributed by atoms with E-state index >= 15 is 0 Å². The third-order valence-corrected chi connectivity index (χ3v) is 0. The lowest BCUT2D eigenvalue weighted by Crippen LogP contribution is -1.86. The summed E-state index contributed by atoms with van der Waals surface area (Å²) in [5.41, 5.74) is 0. The molecule has 0 heterocycles. The molecule has 0 saturated heterocycles. The van der Waals surface area contributed by atoms with Crippen LogP contribution in [0.15, 0.2) is 0 Å². The first kappa shape index (κ1) is 22.5. The fraction of sp³-hybridized carbons (Fsp3) is 1.00. The van der Waals surface area contributed by atoms with Gasteiger partial charge in [0.05, 0.1) is 0 Å². The van der Waals surface area contributed by atoms with E-state index in [4.69, 9.17) is 18.4 Å². The predicted octanol–water partition coefficient (Wildman–Crippen LogP) is 0.00130. The first-order valence-electron chi connectivity index (χ1n) is 1.72. The Morgan fingerprint density at radius 1 is 1.40 bits per heavy atom. The van der Waals surface area contributed by atoms with Gasteiger partial charge in [-0.1, -0.05) is 0 Å². The van der Waals surface area contributed by atoms with E-state index in [1.807, 2.05) is 0 Å². The Bertz CT molecular complexity index is 113. The van der Waals surface area contributed by atoms with E-state index in [2.05, 4.69) is 11.2 Å². The lowest BCUT2D eigenvalue weighted by atomic mass is 10.9. The standard InChI is InChI=1S/C2H6O.2H3N.H2O3S2/c1-2-3;;;1-5(2,3)4/h3H,2H2,1H3;2*1H3;(H2,1,2,3,4). The molecule has 10 heavy (non-hydrogen) atoms. The van der Waals surface area contributed by atoms with Crippen molar-refractivity contribution in [1.29, 1.82) is 0 Å². The van der Waals surface area contributed by atoms with Gasteiger partial charge in [0.15, 0.2) is 0 Å². The van der Waals surface area contributed by atoms with Crippen molar-refractivity contribution in [2.45, 2.75) is 6.92 Å². The van der Waals surface area contributed by atoms with Gasteiger partial charge in [-0.3, -0.25) is 9.11 Å². The third-order valence-electron chi connectivity index (χ3n) is 0. The van der Waals surface area contributed by atoms with Crippen molar-refractivity contribution in [3.05, 3.63) is 0 Å². The molecule has 0 aliphatic heterocycles. The number of aliphatic hydroxyl groups is 1. The number of hydrogen-bond acceptors (Lipinski definition) is 5. The molecule has 0 spiro atoms. The molecule has 0 aromatic heterocycles. The van der Waals surface area contributed by atoms with Gasteiger partial charge in [-0.05, 0) is 6.92 Å². The molecule has 0 aromatic carbocycles. The van der Waals surface area contributed by atoms with Gasteiger partial charge in [-0.15, -0.1) is 0 Å². The zero-order valence-corrected chi connectivity index (χ0v) is 7.32. The summed E-state index contributed by atoms with van der Waals surface area (Å²) in [7, 11) is -3.83. The summed E-state index contributed by atoms with van der Waals surface area (Å²) >= 11 is 3.47. The molecule has 0 aromatic rings. The third kappa shape index (κ3) is 14500. The minimum Gasteiger partial charge on any atom is -0.397 e. The quantitative estimate of drug-likeness (QED) is 0.364. The fourth-order valence-electron chi connectivity index (χ4n) is 0. The van der Waals surface area contributed by atoms with Crippen LogP contribution in [0.4, 0.5) is 0 Å². The molecule has 0 unspecified atom stereocenters. The fourth-order valence-corrected chi connectivity index (χ4v) is 0. The molecule has 6 nitrogen and oxygen atoms in total. The van der Waals surface area contributed by atoms with Crippen molar-refractivity contribution >= 4 is 20.2 Å². The van der Waals surface area contributed by atoms with Crippen LogP contribution in [0, 0.1) is 0 Å². The Kier molecular flexibility index (Phi) is 26.7. The molecule has 0 rings (SSSR count). The second-order valence-corrected chi connectivity index (χ2v) is 2.96. The number of hydrogen-bond donors (Lipinski definition) is 5. The molecule has 0 radical (unpaired) electrons. The topological polar surface area (TPSA) is 148 Å². The highest BCUT2D eigenvalue weighted by Crippen LogP contribution is 1.62. The summed E-state index contributed by atoms with van der Waals surface area (Å²) in [4.78, 5) is 0. The van der Waals surface area contributed by atoms with Gasteiger partial charge in [0, 0.05) is 17.8 Å². The maximum absolute atomic E-state index is 9.11. The van der Waals surface area contributed by atoms with Crippen molar-refractivity contribution in [2.75, 3.05) is 6.61 Å². The summed E-state index contributed by atoms with van der Waals surface area (Å²) in [6.07, 6.45) is 0. The van der Waals surface area contributed by atoms with E-state index in [1.165, 1.54) is 0 Å². The minimum absolute atomic E-state index is 0. The molecule has 0 atom stereocenters. The van der Waals surface area contributed by atoms with Gasteiger partial charge in [0.25, 0.3) is 9.05 Å². The Morgan fingerprint density at radius 3 is 1.40 bits per heavy atom. The van der Waals surface area contributed by atoms with Gasteiger partial charge >= 0.3 is 0 Å². The van der Waals surface area contributed by atoms with Crippen molar-refractivity contribution in [1.82, 2.24) is 12.3 Å². The number of aliphatic hydroxyl groups excluding tert-OH is 1. The van der Waals surface area contributed by atoms with Crippen LogP contribution in [-0.4, -0.2) is 25.0 Å². The smallest absolute Gasteiger partial charge is 0.263 e. The highest BCUT2D eigenvalue weighted by molar-refractivity contribution is 8.26. The van der Waals surface area contributed by atoms with Crippen LogP contribution in [0.2, 0.25) is 0 Å². The molecule has 0 aliphatic carbocycles. The van der Waals surface area contributed by atoms with Crippen LogP contribution in [0.25, 0.3) is 0 Å². The second-order valence-electron chi connectivity index (χ2n) is 0.764. The lowest BCUT2D eigenvalue weighted by molar-refractivity contribution is 0.318. The van der Waals surface area contributed by atoms with Crippen LogP contribution >= 0.6 is 0 Å². The summed E-state index contributed by atoms with van der Waals surface area (Å²) in [6, 6.07) is 0. The summed E-state index contributed by atoms with van der Waals surface area (Å²) in [6.45, 7) is 1.93. The normalized spacial score (nSPS) is 7.60. The Morgan fingerprint density at radius 2 is 1.40 bits per heavy atom. The monoisotopic (exact) mass is 194 g/mol.